The van der Waals surface area contributed by atoms with Crippen LogP contribution in [-0.4, -0.2) is 29.0 Å². The molecule has 0 radical (unpaired) electrons. The average Bonchev–Trinajstić information content (AvgIpc) is 2.23. The highest BCUT2D eigenvalue weighted by Gasteiger charge is 2.18. The van der Waals surface area contributed by atoms with Crippen LogP contribution < -0.4 is 5.32 Å². The molecule has 0 unspecified atom stereocenters. The van der Waals surface area contributed by atoms with Crippen LogP contribution in [0.2, 0.25) is 10.0 Å². The molecule has 1 rings (SSSR count). The highest BCUT2D eigenvalue weighted by atomic mass is 35.5. The van der Waals surface area contributed by atoms with E-state index in [1.807, 2.05) is 0 Å². The molecule has 1 aromatic heterocycles. The fraction of sp³-hybridized carbons (Fsp3) is 0.417. The smallest absolute Gasteiger partial charge is 0.325 e. The van der Waals surface area contributed by atoms with E-state index in [1.54, 1.807) is 20.8 Å². The maximum absolute atomic E-state index is 11.7. The Morgan fingerprint density at radius 1 is 1.37 bits per heavy atom. The summed E-state index contributed by atoms with van der Waals surface area (Å²) in [6, 6.07) is 1.40. The molecule has 0 aliphatic carbocycles. The van der Waals surface area contributed by atoms with E-state index in [-0.39, 0.29) is 17.3 Å². The number of carbonyl (C=O) groups is 2. The van der Waals surface area contributed by atoms with Crippen molar-refractivity contribution in [3.63, 3.8) is 0 Å². The Morgan fingerprint density at radius 2 is 2.00 bits per heavy atom. The van der Waals surface area contributed by atoms with Crippen molar-refractivity contribution in [3.05, 3.63) is 28.0 Å². The first kappa shape index (κ1) is 15.7. The van der Waals surface area contributed by atoms with Gasteiger partial charge in [0.15, 0.2) is 0 Å². The lowest BCUT2D eigenvalue weighted by molar-refractivity contribution is -0.153. The minimum Gasteiger partial charge on any atom is -0.459 e. The summed E-state index contributed by atoms with van der Waals surface area (Å²) in [5, 5.41) is 2.83. The Morgan fingerprint density at radius 3 is 2.53 bits per heavy atom. The van der Waals surface area contributed by atoms with Gasteiger partial charge >= 0.3 is 5.97 Å². The molecule has 1 N–H and O–H groups in total. The highest BCUT2D eigenvalue weighted by molar-refractivity contribution is 6.36. The van der Waals surface area contributed by atoms with Crippen LogP contribution in [0.25, 0.3) is 0 Å². The van der Waals surface area contributed by atoms with Crippen LogP contribution in [0.1, 0.15) is 31.3 Å². The topological polar surface area (TPSA) is 68.3 Å². The van der Waals surface area contributed by atoms with Gasteiger partial charge in [-0.25, -0.2) is 4.98 Å². The van der Waals surface area contributed by atoms with E-state index < -0.39 is 17.5 Å². The number of esters is 1. The largest absolute Gasteiger partial charge is 0.459 e. The summed E-state index contributed by atoms with van der Waals surface area (Å²) in [6.07, 6.45) is 1.30. The van der Waals surface area contributed by atoms with Crippen LogP contribution in [0.3, 0.4) is 0 Å². The molecule has 0 atom stereocenters. The monoisotopic (exact) mass is 304 g/mol. The number of halogens is 2. The minimum absolute atomic E-state index is 0.00891. The fourth-order valence-corrected chi connectivity index (χ4v) is 1.66. The molecule has 0 saturated carbocycles. The van der Waals surface area contributed by atoms with Crippen LogP contribution in [0.4, 0.5) is 0 Å². The van der Waals surface area contributed by atoms with Gasteiger partial charge in [0, 0.05) is 6.20 Å². The van der Waals surface area contributed by atoms with Crippen LogP contribution in [0.5, 0.6) is 0 Å². The number of rotatable bonds is 3. The van der Waals surface area contributed by atoms with Crippen molar-refractivity contribution in [2.24, 2.45) is 0 Å². The second-order valence-electron chi connectivity index (χ2n) is 4.75. The molecule has 7 heteroatoms. The lowest BCUT2D eigenvalue weighted by Gasteiger charge is -2.19. The maximum Gasteiger partial charge on any atom is 0.325 e. The van der Waals surface area contributed by atoms with Crippen LogP contribution in [0.15, 0.2) is 12.3 Å². The number of pyridine rings is 1. The Kier molecular flexibility index (Phi) is 5.14. The van der Waals surface area contributed by atoms with Gasteiger partial charge < -0.3 is 10.1 Å². The van der Waals surface area contributed by atoms with Crippen molar-refractivity contribution in [2.75, 3.05) is 6.54 Å². The lowest BCUT2D eigenvalue weighted by Crippen LogP contribution is -2.35. The van der Waals surface area contributed by atoms with Gasteiger partial charge in [-0.2, -0.15) is 0 Å². The molecule has 0 spiro atoms. The molecule has 0 fully saturated rings. The lowest BCUT2D eigenvalue weighted by atomic mass is 10.2. The number of nitrogens with zero attached hydrogens (tertiary/aromatic N) is 1. The van der Waals surface area contributed by atoms with Crippen molar-refractivity contribution >= 4 is 35.1 Å². The predicted octanol–water partition coefficient (Wildman–Crippen LogP) is 2.46. The molecule has 0 bridgehead atoms. The predicted molar refractivity (Wildman–Crippen MR) is 72.4 cm³/mol. The molecule has 0 aliphatic rings. The fourth-order valence-electron chi connectivity index (χ4n) is 1.20. The maximum atomic E-state index is 11.7. The van der Waals surface area contributed by atoms with Crippen molar-refractivity contribution < 1.29 is 14.3 Å². The van der Waals surface area contributed by atoms with E-state index in [2.05, 4.69) is 10.3 Å². The van der Waals surface area contributed by atoms with Crippen molar-refractivity contribution in [1.29, 1.82) is 0 Å². The van der Waals surface area contributed by atoms with Crippen molar-refractivity contribution in [2.45, 2.75) is 26.4 Å². The summed E-state index contributed by atoms with van der Waals surface area (Å²) in [6.45, 7) is 4.97. The number of hydrogen-bond donors (Lipinski definition) is 1. The van der Waals surface area contributed by atoms with E-state index in [0.717, 1.165) is 0 Å². The van der Waals surface area contributed by atoms with E-state index in [9.17, 15) is 9.59 Å². The zero-order valence-electron chi connectivity index (χ0n) is 10.8. The van der Waals surface area contributed by atoms with E-state index in [4.69, 9.17) is 27.9 Å². The normalized spacial score (nSPS) is 11.0. The first-order chi connectivity index (χ1) is 8.69. The Balaban J connectivity index is 2.59. The van der Waals surface area contributed by atoms with Crippen LogP contribution in [0, 0.1) is 0 Å². The van der Waals surface area contributed by atoms with Crippen LogP contribution >= 0.6 is 23.2 Å². The average molecular weight is 305 g/mol. The highest BCUT2D eigenvalue weighted by Crippen LogP contribution is 2.18. The Labute approximate surface area is 121 Å². The molecule has 1 amide bonds. The van der Waals surface area contributed by atoms with Gasteiger partial charge in [0.25, 0.3) is 5.91 Å². The molecule has 1 aromatic rings. The second kappa shape index (κ2) is 6.21. The summed E-state index contributed by atoms with van der Waals surface area (Å²) in [5.74, 6) is -1.10. The third kappa shape index (κ3) is 5.44. The summed E-state index contributed by atoms with van der Waals surface area (Å²) in [7, 11) is 0. The number of carbonyl (C=O) groups excluding carboxylic acids is 2. The molecular weight excluding hydrogens is 291 g/mol. The van der Waals surface area contributed by atoms with Gasteiger partial charge in [-0.3, -0.25) is 9.59 Å². The van der Waals surface area contributed by atoms with E-state index in [0.29, 0.717) is 5.02 Å². The molecule has 0 saturated heterocycles. The number of aromatic nitrogens is 1. The van der Waals surface area contributed by atoms with Crippen molar-refractivity contribution in [1.82, 2.24) is 10.3 Å². The SMILES string of the molecule is CC(C)(C)OC(=O)CNC(=O)c1ncc(Cl)cc1Cl. The molecule has 5 nitrogen and oxygen atoms in total. The number of amides is 1. The molecule has 0 aliphatic heterocycles. The van der Waals surface area contributed by atoms with Crippen molar-refractivity contribution in [3.8, 4) is 0 Å². The summed E-state index contributed by atoms with van der Waals surface area (Å²) in [5.41, 5.74) is -0.590. The van der Waals surface area contributed by atoms with Gasteiger partial charge in [0.2, 0.25) is 0 Å². The Bertz CT molecular complexity index is 498. The molecule has 104 valence electrons. The zero-order chi connectivity index (χ0) is 14.6. The van der Waals surface area contributed by atoms with Gasteiger partial charge in [0.05, 0.1) is 10.0 Å². The summed E-state index contributed by atoms with van der Waals surface area (Å²) < 4.78 is 5.05. The standard InChI is InChI=1S/C12H14Cl2N2O3/c1-12(2,3)19-9(17)6-16-11(18)10-8(14)4-7(13)5-15-10/h4-5H,6H2,1-3H3,(H,16,18). The first-order valence-electron chi connectivity index (χ1n) is 5.50. The van der Waals surface area contributed by atoms with E-state index in [1.165, 1.54) is 12.3 Å². The van der Waals surface area contributed by atoms with Gasteiger partial charge in [-0.15, -0.1) is 0 Å². The third-order valence-corrected chi connectivity index (χ3v) is 2.33. The van der Waals surface area contributed by atoms with Gasteiger partial charge in [-0.1, -0.05) is 23.2 Å². The summed E-state index contributed by atoms with van der Waals surface area (Å²) >= 11 is 11.5. The van der Waals surface area contributed by atoms with Gasteiger partial charge in [-0.05, 0) is 26.8 Å². The molecule has 19 heavy (non-hydrogen) atoms. The Hall–Kier alpha value is -1.33. The number of ether oxygens (including phenoxy) is 1. The van der Waals surface area contributed by atoms with E-state index >= 15 is 0 Å². The number of nitrogens with one attached hydrogen (secondary N) is 1. The van der Waals surface area contributed by atoms with Crippen LogP contribution in [-0.2, 0) is 9.53 Å². The first-order valence-corrected chi connectivity index (χ1v) is 6.26. The molecular formula is C12H14Cl2N2O3. The van der Waals surface area contributed by atoms with Gasteiger partial charge in [0.1, 0.15) is 17.8 Å². The summed E-state index contributed by atoms with van der Waals surface area (Å²) in [4.78, 5) is 27.0. The molecule has 0 aromatic carbocycles. The second-order valence-corrected chi connectivity index (χ2v) is 5.60. The zero-order valence-corrected chi connectivity index (χ0v) is 12.3. The third-order valence-electron chi connectivity index (χ3n) is 1.84. The number of hydrogen-bond acceptors (Lipinski definition) is 4. The molecule has 1 heterocycles. The quantitative estimate of drug-likeness (QED) is 0.871. The minimum atomic E-state index is -0.599.